The van der Waals surface area contributed by atoms with E-state index in [2.05, 4.69) is 0 Å². The lowest BCUT2D eigenvalue weighted by Crippen LogP contribution is -2.42. The van der Waals surface area contributed by atoms with Crippen LogP contribution in [0, 0.1) is 10.8 Å². The van der Waals surface area contributed by atoms with Crippen molar-refractivity contribution in [2.75, 3.05) is 26.4 Å². The van der Waals surface area contributed by atoms with Crippen LogP contribution in [0.4, 0.5) is 0 Å². The Morgan fingerprint density at radius 3 is 1.93 bits per heavy atom. The highest BCUT2D eigenvalue weighted by atomic mass is 16.3. The molecular weight excluding hydrogens is 184 g/mol. The van der Waals surface area contributed by atoms with Gasteiger partial charge in [0.2, 0.25) is 0 Å². The van der Waals surface area contributed by atoms with Crippen molar-refractivity contribution >= 4 is 0 Å². The van der Waals surface area contributed by atoms with Crippen molar-refractivity contribution in [3.8, 4) is 0 Å². The summed E-state index contributed by atoms with van der Waals surface area (Å²) in [5.41, 5.74) is -1.29. The van der Waals surface area contributed by atoms with E-state index in [4.69, 9.17) is 0 Å². The fourth-order valence-corrected chi connectivity index (χ4v) is 1.99. The minimum absolute atomic E-state index is 0.129. The number of hydrogen-bond acceptors (Lipinski definition) is 4. The SMILES string of the molecule is OCC1(CO)C=CCC(CO)(CO)C1. The Bertz CT molecular complexity index is 204. The zero-order valence-corrected chi connectivity index (χ0v) is 8.19. The first-order valence-corrected chi connectivity index (χ1v) is 4.77. The summed E-state index contributed by atoms with van der Waals surface area (Å²) in [6, 6.07) is 0. The smallest absolute Gasteiger partial charge is 0.0544 e. The highest BCUT2D eigenvalue weighted by molar-refractivity contribution is 5.10. The molecule has 1 rings (SSSR count). The monoisotopic (exact) mass is 202 g/mol. The van der Waals surface area contributed by atoms with Gasteiger partial charge in [-0.3, -0.25) is 0 Å². The number of hydrogen-bond donors (Lipinski definition) is 4. The lowest BCUT2D eigenvalue weighted by atomic mass is 9.67. The van der Waals surface area contributed by atoms with Crippen molar-refractivity contribution in [3.63, 3.8) is 0 Å². The van der Waals surface area contributed by atoms with Crippen LogP contribution in [0.25, 0.3) is 0 Å². The quantitative estimate of drug-likeness (QED) is 0.453. The molecule has 0 aromatic heterocycles. The van der Waals surface area contributed by atoms with Crippen LogP contribution in [0.5, 0.6) is 0 Å². The molecule has 0 saturated heterocycles. The first kappa shape index (κ1) is 11.7. The Morgan fingerprint density at radius 1 is 0.929 bits per heavy atom. The third-order valence-electron chi connectivity index (χ3n) is 3.05. The van der Waals surface area contributed by atoms with Gasteiger partial charge in [0.05, 0.1) is 26.4 Å². The van der Waals surface area contributed by atoms with Crippen LogP contribution >= 0.6 is 0 Å². The van der Waals surface area contributed by atoms with Crippen molar-refractivity contribution in [2.45, 2.75) is 12.8 Å². The molecule has 0 radical (unpaired) electrons. The van der Waals surface area contributed by atoms with Crippen molar-refractivity contribution in [1.82, 2.24) is 0 Å². The summed E-state index contributed by atoms with van der Waals surface area (Å²) in [6.45, 7) is -0.589. The zero-order valence-electron chi connectivity index (χ0n) is 8.19. The maximum atomic E-state index is 9.21. The molecule has 1 aliphatic carbocycles. The Labute approximate surface area is 83.5 Å². The molecule has 0 aromatic carbocycles. The van der Waals surface area contributed by atoms with Crippen LogP contribution in [-0.2, 0) is 0 Å². The minimum atomic E-state index is -0.691. The van der Waals surface area contributed by atoms with Crippen molar-refractivity contribution in [1.29, 1.82) is 0 Å². The predicted molar refractivity (Wildman–Crippen MR) is 51.6 cm³/mol. The fraction of sp³-hybridized carbons (Fsp3) is 0.800. The molecule has 4 N–H and O–H groups in total. The van der Waals surface area contributed by atoms with Gasteiger partial charge >= 0.3 is 0 Å². The predicted octanol–water partition coefficient (Wildman–Crippen LogP) is -0.722. The van der Waals surface area contributed by atoms with E-state index in [0.717, 1.165) is 0 Å². The lowest BCUT2D eigenvalue weighted by molar-refractivity contribution is -0.0203. The van der Waals surface area contributed by atoms with Gasteiger partial charge in [0.1, 0.15) is 0 Å². The van der Waals surface area contributed by atoms with E-state index in [9.17, 15) is 20.4 Å². The molecule has 0 bridgehead atoms. The normalized spacial score (nSPS) is 23.7. The van der Waals surface area contributed by atoms with Crippen LogP contribution in [0.2, 0.25) is 0 Å². The first-order valence-electron chi connectivity index (χ1n) is 4.77. The second-order valence-electron chi connectivity index (χ2n) is 4.28. The minimum Gasteiger partial charge on any atom is -0.396 e. The lowest BCUT2D eigenvalue weighted by Gasteiger charge is -2.41. The molecule has 0 fully saturated rings. The van der Waals surface area contributed by atoms with E-state index < -0.39 is 10.8 Å². The van der Waals surface area contributed by atoms with Crippen LogP contribution in [0.15, 0.2) is 12.2 Å². The van der Waals surface area contributed by atoms with Gasteiger partial charge < -0.3 is 20.4 Å². The van der Waals surface area contributed by atoms with Gasteiger partial charge in [-0.05, 0) is 12.8 Å². The standard InChI is InChI=1S/C10H18O4/c11-5-9(6-12)2-1-3-10(4-9,7-13)8-14/h1-2,11-14H,3-8H2. The molecule has 14 heavy (non-hydrogen) atoms. The van der Waals surface area contributed by atoms with Gasteiger partial charge in [-0.2, -0.15) is 0 Å². The van der Waals surface area contributed by atoms with Crippen LogP contribution in [0.3, 0.4) is 0 Å². The molecule has 0 atom stereocenters. The van der Waals surface area contributed by atoms with E-state index in [1.165, 1.54) is 0 Å². The number of aliphatic hydroxyl groups excluding tert-OH is 4. The molecule has 0 amide bonds. The van der Waals surface area contributed by atoms with Crippen molar-refractivity contribution in [2.24, 2.45) is 10.8 Å². The highest BCUT2D eigenvalue weighted by Gasteiger charge is 2.41. The molecule has 0 aromatic rings. The summed E-state index contributed by atoms with van der Waals surface area (Å²) in [5, 5.41) is 36.8. The molecule has 4 nitrogen and oxygen atoms in total. The van der Waals surface area contributed by atoms with Gasteiger partial charge in [0.15, 0.2) is 0 Å². The zero-order chi connectivity index (χ0) is 10.7. The van der Waals surface area contributed by atoms with Gasteiger partial charge in [0, 0.05) is 10.8 Å². The molecule has 1 aliphatic rings. The summed E-state index contributed by atoms with van der Waals surface area (Å²) in [6.07, 6.45) is 4.58. The van der Waals surface area contributed by atoms with Gasteiger partial charge in [-0.1, -0.05) is 12.2 Å². The molecule has 0 heterocycles. The van der Waals surface area contributed by atoms with E-state index in [0.29, 0.717) is 12.8 Å². The van der Waals surface area contributed by atoms with Crippen molar-refractivity contribution in [3.05, 3.63) is 12.2 Å². The Hall–Kier alpha value is -0.420. The fourth-order valence-electron chi connectivity index (χ4n) is 1.99. The first-order chi connectivity index (χ1) is 6.66. The average molecular weight is 202 g/mol. The molecule has 0 spiro atoms. The van der Waals surface area contributed by atoms with Crippen molar-refractivity contribution < 1.29 is 20.4 Å². The van der Waals surface area contributed by atoms with E-state index >= 15 is 0 Å². The molecule has 0 aliphatic heterocycles. The Morgan fingerprint density at radius 2 is 1.50 bits per heavy atom. The average Bonchev–Trinajstić information content (AvgIpc) is 2.29. The topological polar surface area (TPSA) is 80.9 Å². The second kappa shape index (κ2) is 4.40. The number of rotatable bonds is 4. The summed E-state index contributed by atoms with van der Waals surface area (Å²) in [7, 11) is 0. The molecule has 4 heteroatoms. The number of allylic oxidation sites excluding steroid dienone is 1. The highest BCUT2D eigenvalue weighted by Crippen LogP contribution is 2.41. The van der Waals surface area contributed by atoms with Crippen LogP contribution in [-0.4, -0.2) is 46.9 Å². The van der Waals surface area contributed by atoms with Crippen LogP contribution < -0.4 is 0 Å². The summed E-state index contributed by atoms with van der Waals surface area (Å²) in [5.74, 6) is 0. The van der Waals surface area contributed by atoms with Gasteiger partial charge in [0.25, 0.3) is 0 Å². The molecule has 0 saturated carbocycles. The maximum absolute atomic E-state index is 9.21. The van der Waals surface area contributed by atoms with E-state index in [-0.39, 0.29) is 26.4 Å². The Kier molecular flexibility index (Phi) is 3.66. The Balaban J connectivity index is 2.85. The third kappa shape index (κ3) is 1.98. The number of aliphatic hydroxyl groups is 4. The van der Waals surface area contributed by atoms with Gasteiger partial charge in [-0.15, -0.1) is 0 Å². The van der Waals surface area contributed by atoms with E-state index in [1.807, 2.05) is 6.08 Å². The molecule has 82 valence electrons. The molecule has 0 unspecified atom stereocenters. The maximum Gasteiger partial charge on any atom is 0.0544 e. The largest absolute Gasteiger partial charge is 0.396 e. The summed E-state index contributed by atoms with van der Waals surface area (Å²) < 4.78 is 0. The van der Waals surface area contributed by atoms with Crippen LogP contribution in [0.1, 0.15) is 12.8 Å². The summed E-state index contributed by atoms with van der Waals surface area (Å²) >= 11 is 0. The van der Waals surface area contributed by atoms with E-state index in [1.54, 1.807) is 6.08 Å². The summed E-state index contributed by atoms with van der Waals surface area (Å²) in [4.78, 5) is 0. The third-order valence-corrected chi connectivity index (χ3v) is 3.05. The van der Waals surface area contributed by atoms with Gasteiger partial charge in [-0.25, -0.2) is 0 Å². The second-order valence-corrected chi connectivity index (χ2v) is 4.28. The molecular formula is C10H18O4.